The van der Waals surface area contributed by atoms with E-state index in [0.717, 1.165) is 24.0 Å². The highest BCUT2D eigenvalue weighted by molar-refractivity contribution is 14.0. The summed E-state index contributed by atoms with van der Waals surface area (Å²) in [7, 11) is 0. The summed E-state index contributed by atoms with van der Waals surface area (Å²) in [5.41, 5.74) is 0.991. The van der Waals surface area contributed by atoms with Gasteiger partial charge in [0.1, 0.15) is 6.54 Å². The molecule has 1 aromatic heterocycles. The number of halogens is 1. The van der Waals surface area contributed by atoms with Gasteiger partial charge in [0.15, 0.2) is 11.7 Å². The largest absolute Gasteiger partial charge is 0.359 e. The summed E-state index contributed by atoms with van der Waals surface area (Å²) in [6.45, 7) is 7.70. The molecule has 0 saturated heterocycles. The van der Waals surface area contributed by atoms with Gasteiger partial charge in [-0.3, -0.25) is 0 Å². The van der Waals surface area contributed by atoms with Crippen LogP contribution in [0.15, 0.2) is 15.6 Å². The molecule has 1 heterocycles. The lowest BCUT2D eigenvalue weighted by Gasteiger charge is -2.24. The van der Waals surface area contributed by atoms with Gasteiger partial charge in [0.05, 0.1) is 5.69 Å². The van der Waals surface area contributed by atoms with Gasteiger partial charge in [0.2, 0.25) is 0 Å². The van der Waals surface area contributed by atoms with Gasteiger partial charge in [-0.25, -0.2) is 4.99 Å². The number of hydrogen-bond donors (Lipinski definition) is 2. The van der Waals surface area contributed by atoms with Gasteiger partial charge in [-0.1, -0.05) is 38.3 Å². The monoisotopic (exact) mass is 420 g/mol. The molecule has 0 radical (unpaired) electrons. The van der Waals surface area contributed by atoms with Gasteiger partial charge >= 0.3 is 0 Å². The first-order valence-electron chi connectivity index (χ1n) is 8.19. The molecule has 0 aliphatic heterocycles. The molecule has 0 amide bonds. The molecule has 126 valence electrons. The predicted molar refractivity (Wildman–Crippen MR) is 101 cm³/mol. The minimum absolute atomic E-state index is 0. The molecule has 22 heavy (non-hydrogen) atoms. The summed E-state index contributed by atoms with van der Waals surface area (Å²) in [5.74, 6) is 2.09. The number of aromatic nitrogens is 1. The van der Waals surface area contributed by atoms with Crippen molar-refractivity contribution in [2.75, 3.05) is 6.54 Å². The molecule has 0 atom stereocenters. The normalized spacial score (nSPS) is 16.5. The second-order valence-electron chi connectivity index (χ2n) is 6.05. The highest BCUT2D eigenvalue weighted by Gasteiger charge is 2.14. The lowest BCUT2D eigenvalue weighted by molar-refractivity contribution is 0.375. The second kappa shape index (κ2) is 10.1. The molecule has 5 nitrogen and oxygen atoms in total. The Morgan fingerprint density at radius 2 is 2.09 bits per heavy atom. The fourth-order valence-corrected chi connectivity index (χ4v) is 2.59. The first kappa shape index (κ1) is 19.3. The van der Waals surface area contributed by atoms with Crippen LogP contribution in [0.5, 0.6) is 0 Å². The Morgan fingerprint density at radius 1 is 1.36 bits per heavy atom. The standard InChI is InChI=1S/C16H28N4O.HI/c1-4-17-16(19-13-8-6-5-7-9-13)18-11-14-10-15(12(2)3)20-21-14;/h10,12-13H,4-9,11H2,1-3H3,(H2,17,18,19);1H. The Kier molecular flexibility index (Phi) is 8.82. The molecule has 1 saturated carbocycles. The number of nitrogens with one attached hydrogen (secondary N) is 2. The summed E-state index contributed by atoms with van der Waals surface area (Å²) in [5, 5.41) is 10.9. The van der Waals surface area contributed by atoms with Crippen LogP contribution < -0.4 is 10.6 Å². The number of nitrogens with zero attached hydrogens (tertiary/aromatic N) is 2. The van der Waals surface area contributed by atoms with E-state index in [2.05, 4.69) is 41.6 Å². The van der Waals surface area contributed by atoms with E-state index in [1.807, 2.05) is 6.07 Å². The van der Waals surface area contributed by atoms with Crippen molar-refractivity contribution in [2.24, 2.45) is 4.99 Å². The molecular formula is C16H29IN4O. The third-order valence-corrected chi connectivity index (χ3v) is 3.85. The van der Waals surface area contributed by atoms with Crippen molar-refractivity contribution < 1.29 is 4.52 Å². The summed E-state index contributed by atoms with van der Waals surface area (Å²) in [6.07, 6.45) is 6.48. The van der Waals surface area contributed by atoms with E-state index in [4.69, 9.17) is 4.52 Å². The lowest BCUT2D eigenvalue weighted by atomic mass is 9.96. The van der Waals surface area contributed by atoms with Crippen LogP contribution in [0.1, 0.15) is 70.2 Å². The van der Waals surface area contributed by atoms with Crippen molar-refractivity contribution in [3.8, 4) is 0 Å². The van der Waals surface area contributed by atoms with Gasteiger partial charge in [-0.05, 0) is 25.7 Å². The van der Waals surface area contributed by atoms with Crippen molar-refractivity contribution in [3.05, 3.63) is 17.5 Å². The van der Waals surface area contributed by atoms with Crippen molar-refractivity contribution >= 4 is 29.9 Å². The maximum absolute atomic E-state index is 5.33. The van der Waals surface area contributed by atoms with Gasteiger partial charge in [-0.2, -0.15) is 0 Å². The fourth-order valence-electron chi connectivity index (χ4n) is 2.59. The number of aliphatic imine (C=N–C) groups is 1. The Morgan fingerprint density at radius 3 is 2.68 bits per heavy atom. The smallest absolute Gasteiger partial charge is 0.191 e. The highest BCUT2D eigenvalue weighted by Crippen LogP contribution is 2.17. The van der Waals surface area contributed by atoms with Gasteiger partial charge in [0.25, 0.3) is 0 Å². The zero-order chi connectivity index (χ0) is 15.1. The Labute approximate surface area is 150 Å². The quantitative estimate of drug-likeness (QED) is 0.432. The number of rotatable bonds is 5. The van der Waals surface area contributed by atoms with E-state index in [-0.39, 0.29) is 24.0 Å². The molecule has 0 spiro atoms. The van der Waals surface area contributed by atoms with Crippen molar-refractivity contribution in [3.63, 3.8) is 0 Å². The van der Waals surface area contributed by atoms with Crippen molar-refractivity contribution in [1.29, 1.82) is 0 Å². The van der Waals surface area contributed by atoms with E-state index in [9.17, 15) is 0 Å². The molecule has 0 bridgehead atoms. The SMILES string of the molecule is CCNC(=NCc1cc(C(C)C)no1)NC1CCCCC1.I. The third kappa shape index (κ3) is 6.14. The van der Waals surface area contributed by atoms with Crippen LogP contribution in [-0.4, -0.2) is 23.7 Å². The van der Waals surface area contributed by atoms with Crippen LogP contribution >= 0.6 is 24.0 Å². The van der Waals surface area contributed by atoms with E-state index in [1.165, 1.54) is 32.1 Å². The van der Waals surface area contributed by atoms with Gasteiger partial charge in [-0.15, -0.1) is 24.0 Å². The summed E-state index contributed by atoms with van der Waals surface area (Å²) < 4.78 is 5.33. The second-order valence-corrected chi connectivity index (χ2v) is 6.05. The van der Waals surface area contributed by atoms with Gasteiger partial charge < -0.3 is 15.2 Å². The van der Waals surface area contributed by atoms with Crippen molar-refractivity contribution in [2.45, 2.75) is 71.4 Å². The topological polar surface area (TPSA) is 62.5 Å². The van der Waals surface area contributed by atoms with Gasteiger partial charge in [0, 0.05) is 18.7 Å². The van der Waals surface area contributed by atoms with Crippen LogP contribution in [0.2, 0.25) is 0 Å². The summed E-state index contributed by atoms with van der Waals surface area (Å²) in [4.78, 5) is 4.61. The summed E-state index contributed by atoms with van der Waals surface area (Å²) >= 11 is 0. The average molecular weight is 420 g/mol. The first-order valence-corrected chi connectivity index (χ1v) is 8.19. The molecule has 1 aromatic rings. The van der Waals surface area contributed by atoms with Crippen LogP contribution in [-0.2, 0) is 6.54 Å². The molecule has 1 fully saturated rings. The Hall–Kier alpha value is -0.790. The molecule has 6 heteroatoms. The molecule has 2 rings (SSSR count). The van der Waals surface area contributed by atoms with Crippen LogP contribution in [0.25, 0.3) is 0 Å². The van der Waals surface area contributed by atoms with E-state index >= 15 is 0 Å². The average Bonchev–Trinajstić information content (AvgIpc) is 2.95. The van der Waals surface area contributed by atoms with Crippen molar-refractivity contribution in [1.82, 2.24) is 15.8 Å². The Balaban J connectivity index is 0.00000242. The summed E-state index contributed by atoms with van der Waals surface area (Å²) in [6, 6.07) is 2.55. The molecule has 2 N–H and O–H groups in total. The van der Waals surface area contributed by atoms with Crippen LogP contribution in [0, 0.1) is 0 Å². The lowest BCUT2D eigenvalue weighted by Crippen LogP contribution is -2.44. The number of hydrogen-bond acceptors (Lipinski definition) is 3. The molecule has 0 aromatic carbocycles. The molecule has 1 aliphatic carbocycles. The Bertz CT molecular complexity index is 453. The van der Waals surface area contributed by atoms with Crippen LogP contribution in [0.3, 0.4) is 0 Å². The minimum Gasteiger partial charge on any atom is -0.359 e. The maximum atomic E-state index is 5.33. The zero-order valence-corrected chi connectivity index (χ0v) is 16.2. The van der Waals surface area contributed by atoms with E-state index < -0.39 is 0 Å². The fraction of sp³-hybridized carbons (Fsp3) is 0.750. The third-order valence-electron chi connectivity index (χ3n) is 3.85. The molecular weight excluding hydrogens is 391 g/mol. The minimum atomic E-state index is 0. The van der Waals surface area contributed by atoms with Crippen LogP contribution in [0.4, 0.5) is 0 Å². The first-order chi connectivity index (χ1) is 10.2. The maximum Gasteiger partial charge on any atom is 0.191 e. The number of guanidine groups is 1. The molecule has 1 aliphatic rings. The zero-order valence-electron chi connectivity index (χ0n) is 13.9. The molecule has 0 unspecified atom stereocenters. The van der Waals surface area contributed by atoms with E-state index in [0.29, 0.717) is 18.5 Å². The van der Waals surface area contributed by atoms with E-state index in [1.54, 1.807) is 0 Å². The predicted octanol–water partition coefficient (Wildman–Crippen LogP) is 3.80. The highest BCUT2D eigenvalue weighted by atomic mass is 127.